The van der Waals surface area contributed by atoms with Crippen molar-refractivity contribution in [1.29, 1.82) is 5.26 Å². The third-order valence-electron chi connectivity index (χ3n) is 3.02. The average Bonchev–Trinajstić information content (AvgIpc) is 2.48. The number of hydrogen-bond donors (Lipinski definition) is 1. The van der Waals surface area contributed by atoms with Gasteiger partial charge in [-0.3, -0.25) is 0 Å². The molecule has 2 aromatic carbocycles. The van der Waals surface area contributed by atoms with Crippen LogP contribution in [-0.2, 0) is 11.3 Å². The van der Waals surface area contributed by atoms with Gasteiger partial charge in [0, 0.05) is 11.3 Å². The SMILES string of the molecule is Cc1ccc(N)cc1C(=O)OCc1ccc(C#N)cc1F. The Bertz CT molecular complexity index is 736. The predicted octanol–water partition coefficient (Wildman–Crippen LogP) is 2.95. The van der Waals surface area contributed by atoms with Crippen LogP contribution in [0, 0.1) is 24.1 Å². The molecule has 0 fully saturated rings. The molecule has 0 aliphatic carbocycles. The second-order valence-corrected chi connectivity index (χ2v) is 4.57. The van der Waals surface area contributed by atoms with Crippen LogP contribution in [0.5, 0.6) is 0 Å². The molecule has 5 heteroatoms. The number of esters is 1. The fourth-order valence-electron chi connectivity index (χ4n) is 1.81. The molecule has 0 bridgehead atoms. The summed E-state index contributed by atoms with van der Waals surface area (Å²) in [5, 5.41) is 8.66. The molecule has 0 aliphatic heterocycles. The van der Waals surface area contributed by atoms with E-state index in [2.05, 4.69) is 0 Å². The Balaban J connectivity index is 2.11. The number of rotatable bonds is 3. The molecule has 0 heterocycles. The van der Waals surface area contributed by atoms with Crippen molar-refractivity contribution in [3.05, 3.63) is 64.5 Å². The van der Waals surface area contributed by atoms with Crippen molar-refractivity contribution in [2.75, 3.05) is 5.73 Å². The Labute approximate surface area is 121 Å². The Kier molecular flexibility index (Phi) is 4.19. The number of aryl methyl sites for hydroxylation is 1. The lowest BCUT2D eigenvalue weighted by molar-refractivity contribution is 0.0468. The number of carbonyl (C=O) groups excluding carboxylic acids is 1. The first-order chi connectivity index (χ1) is 10.0. The number of nitrogens with two attached hydrogens (primary N) is 1. The maximum absolute atomic E-state index is 13.7. The third-order valence-corrected chi connectivity index (χ3v) is 3.02. The van der Waals surface area contributed by atoms with Crippen LogP contribution in [0.2, 0.25) is 0 Å². The van der Waals surface area contributed by atoms with Crippen LogP contribution in [-0.4, -0.2) is 5.97 Å². The minimum atomic E-state index is -0.578. The molecule has 2 aromatic rings. The first-order valence-corrected chi connectivity index (χ1v) is 6.23. The first-order valence-electron chi connectivity index (χ1n) is 6.23. The molecule has 0 saturated heterocycles. The number of nitrogen functional groups attached to an aromatic ring is 1. The van der Waals surface area contributed by atoms with Gasteiger partial charge in [-0.2, -0.15) is 5.26 Å². The van der Waals surface area contributed by atoms with Gasteiger partial charge in [0.05, 0.1) is 17.2 Å². The van der Waals surface area contributed by atoms with Gasteiger partial charge in [-0.1, -0.05) is 12.1 Å². The molecule has 0 aromatic heterocycles. The van der Waals surface area contributed by atoms with E-state index in [0.29, 0.717) is 11.3 Å². The number of benzene rings is 2. The molecular weight excluding hydrogens is 271 g/mol. The Hall–Kier alpha value is -2.87. The van der Waals surface area contributed by atoms with Crippen LogP contribution in [0.3, 0.4) is 0 Å². The molecule has 0 amide bonds. The van der Waals surface area contributed by atoms with Crippen LogP contribution in [0.1, 0.15) is 27.0 Å². The lowest BCUT2D eigenvalue weighted by Crippen LogP contribution is -2.08. The van der Waals surface area contributed by atoms with Crippen molar-refractivity contribution in [3.8, 4) is 6.07 Å². The van der Waals surface area contributed by atoms with Crippen LogP contribution >= 0.6 is 0 Å². The van der Waals surface area contributed by atoms with E-state index in [1.54, 1.807) is 19.1 Å². The fraction of sp³-hybridized carbons (Fsp3) is 0.125. The van der Waals surface area contributed by atoms with E-state index in [4.69, 9.17) is 15.7 Å². The minimum absolute atomic E-state index is 0.204. The van der Waals surface area contributed by atoms with Gasteiger partial charge in [-0.15, -0.1) is 0 Å². The van der Waals surface area contributed by atoms with Gasteiger partial charge in [0.2, 0.25) is 0 Å². The van der Waals surface area contributed by atoms with E-state index in [9.17, 15) is 9.18 Å². The normalized spacial score (nSPS) is 9.95. The highest BCUT2D eigenvalue weighted by Gasteiger charge is 2.12. The zero-order valence-electron chi connectivity index (χ0n) is 11.4. The summed E-state index contributed by atoms with van der Waals surface area (Å²) < 4.78 is 18.8. The highest BCUT2D eigenvalue weighted by Crippen LogP contribution is 2.16. The topological polar surface area (TPSA) is 76.1 Å². The maximum atomic E-state index is 13.7. The Morgan fingerprint density at radius 3 is 2.76 bits per heavy atom. The molecule has 2 rings (SSSR count). The zero-order valence-corrected chi connectivity index (χ0v) is 11.4. The molecule has 2 N–H and O–H groups in total. The second-order valence-electron chi connectivity index (χ2n) is 4.57. The van der Waals surface area contributed by atoms with Crippen molar-refractivity contribution in [2.45, 2.75) is 13.5 Å². The number of nitrogens with zero attached hydrogens (tertiary/aromatic N) is 1. The average molecular weight is 284 g/mol. The molecule has 4 nitrogen and oxygen atoms in total. The Morgan fingerprint density at radius 2 is 2.10 bits per heavy atom. The lowest BCUT2D eigenvalue weighted by Gasteiger charge is -2.08. The number of anilines is 1. The van der Waals surface area contributed by atoms with Gasteiger partial charge in [-0.25, -0.2) is 9.18 Å². The quantitative estimate of drug-likeness (QED) is 0.694. The van der Waals surface area contributed by atoms with E-state index < -0.39 is 11.8 Å². The van der Waals surface area contributed by atoms with Gasteiger partial charge in [-0.05, 0) is 36.8 Å². The van der Waals surface area contributed by atoms with Crippen LogP contribution in [0.25, 0.3) is 0 Å². The van der Waals surface area contributed by atoms with Crippen molar-refractivity contribution in [3.63, 3.8) is 0 Å². The summed E-state index contributed by atoms with van der Waals surface area (Å²) in [5.74, 6) is -1.14. The highest BCUT2D eigenvalue weighted by molar-refractivity contribution is 5.92. The standard InChI is InChI=1S/C16H13FN2O2/c1-10-2-5-13(19)7-14(10)16(20)21-9-12-4-3-11(8-18)6-15(12)17/h2-7H,9,19H2,1H3. The fourth-order valence-corrected chi connectivity index (χ4v) is 1.81. The van der Waals surface area contributed by atoms with E-state index in [1.807, 2.05) is 6.07 Å². The molecule has 0 saturated carbocycles. The van der Waals surface area contributed by atoms with E-state index in [1.165, 1.54) is 18.2 Å². The number of ether oxygens (including phenoxy) is 1. The van der Waals surface area contributed by atoms with E-state index in [-0.39, 0.29) is 17.7 Å². The summed E-state index contributed by atoms with van der Waals surface area (Å²) in [6.07, 6.45) is 0. The van der Waals surface area contributed by atoms with Crippen LogP contribution in [0.15, 0.2) is 36.4 Å². The zero-order chi connectivity index (χ0) is 15.4. The minimum Gasteiger partial charge on any atom is -0.457 e. The van der Waals surface area contributed by atoms with Gasteiger partial charge in [0.1, 0.15) is 12.4 Å². The third kappa shape index (κ3) is 3.37. The number of nitriles is 1. The van der Waals surface area contributed by atoms with Crippen molar-refractivity contribution >= 4 is 11.7 Å². The predicted molar refractivity (Wildman–Crippen MR) is 75.8 cm³/mol. The summed E-state index contributed by atoms with van der Waals surface area (Å²) in [6.45, 7) is 1.56. The maximum Gasteiger partial charge on any atom is 0.338 e. The summed E-state index contributed by atoms with van der Waals surface area (Å²) in [7, 11) is 0. The smallest absolute Gasteiger partial charge is 0.338 e. The van der Waals surface area contributed by atoms with Gasteiger partial charge in [0.15, 0.2) is 0 Å². The number of carbonyl (C=O) groups is 1. The largest absolute Gasteiger partial charge is 0.457 e. The molecular formula is C16H13FN2O2. The van der Waals surface area contributed by atoms with Crippen LogP contribution in [0.4, 0.5) is 10.1 Å². The van der Waals surface area contributed by atoms with Gasteiger partial charge in [0.25, 0.3) is 0 Å². The van der Waals surface area contributed by atoms with Crippen molar-refractivity contribution in [1.82, 2.24) is 0 Å². The van der Waals surface area contributed by atoms with Crippen molar-refractivity contribution < 1.29 is 13.9 Å². The highest BCUT2D eigenvalue weighted by atomic mass is 19.1. The Morgan fingerprint density at radius 1 is 1.33 bits per heavy atom. The summed E-state index contributed by atoms with van der Waals surface area (Å²) in [5.41, 5.74) is 7.60. The van der Waals surface area contributed by atoms with Crippen LogP contribution < -0.4 is 5.73 Å². The summed E-state index contributed by atoms with van der Waals surface area (Å²) >= 11 is 0. The molecule has 0 radical (unpaired) electrons. The number of hydrogen-bond acceptors (Lipinski definition) is 4. The molecule has 0 aliphatic rings. The molecule has 21 heavy (non-hydrogen) atoms. The summed E-state index contributed by atoms with van der Waals surface area (Å²) in [4.78, 5) is 12.0. The first kappa shape index (κ1) is 14.5. The molecule has 0 spiro atoms. The molecule has 106 valence electrons. The molecule has 0 atom stereocenters. The summed E-state index contributed by atoms with van der Waals surface area (Å²) in [6, 6.07) is 10.8. The van der Waals surface area contributed by atoms with Crippen molar-refractivity contribution in [2.24, 2.45) is 0 Å². The second kappa shape index (κ2) is 6.06. The molecule has 0 unspecified atom stereocenters. The van der Waals surface area contributed by atoms with E-state index >= 15 is 0 Å². The van der Waals surface area contributed by atoms with Gasteiger partial charge >= 0.3 is 5.97 Å². The van der Waals surface area contributed by atoms with Gasteiger partial charge < -0.3 is 10.5 Å². The number of halogens is 1. The van der Waals surface area contributed by atoms with E-state index in [0.717, 1.165) is 11.6 Å². The lowest BCUT2D eigenvalue weighted by atomic mass is 10.1. The monoisotopic (exact) mass is 284 g/mol.